The molecule has 2 rings (SSSR count). The topological polar surface area (TPSA) is 20.2 Å². The van der Waals surface area contributed by atoms with E-state index < -0.39 is 0 Å². The summed E-state index contributed by atoms with van der Waals surface area (Å²) >= 11 is 0. The minimum atomic E-state index is 0.385. The van der Waals surface area contributed by atoms with Gasteiger partial charge in [0.1, 0.15) is 5.75 Å². The molecule has 1 nitrogen and oxygen atoms in total. The van der Waals surface area contributed by atoms with Crippen molar-refractivity contribution in [2.45, 2.75) is 20.3 Å². The molecule has 1 heteroatoms. The number of aromatic hydroxyl groups is 1. The molecule has 1 N–H and O–H groups in total. The van der Waals surface area contributed by atoms with Crippen molar-refractivity contribution in [2.75, 3.05) is 0 Å². The lowest BCUT2D eigenvalue weighted by atomic mass is 10.0. The molecule has 0 aliphatic carbocycles. The minimum absolute atomic E-state index is 0.385. The van der Waals surface area contributed by atoms with Crippen LogP contribution >= 0.6 is 0 Å². The highest BCUT2D eigenvalue weighted by atomic mass is 16.3. The maximum absolute atomic E-state index is 9.89. The molecule has 0 atom stereocenters. The van der Waals surface area contributed by atoms with Gasteiger partial charge in [-0.1, -0.05) is 35.9 Å². The Kier molecular flexibility index (Phi) is 2.95. The lowest BCUT2D eigenvalue weighted by Crippen LogP contribution is -1.84. The quantitative estimate of drug-likeness (QED) is 0.744. The predicted molar refractivity (Wildman–Crippen MR) is 68.7 cm³/mol. The van der Waals surface area contributed by atoms with Crippen LogP contribution in [0.2, 0.25) is 0 Å². The molecule has 0 spiro atoms. The van der Waals surface area contributed by atoms with Gasteiger partial charge in [0.05, 0.1) is 0 Å². The fourth-order valence-corrected chi connectivity index (χ4v) is 1.75. The fraction of sp³-hybridized carbons (Fsp3) is 0.200. The van der Waals surface area contributed by atoms with Gasteiger partial charge in [0, 0.05) is 0 Å². The number of phenolic OH excluding ortho intramolecular Hbond substituents is 1. The van der Waals surface area contributed by atoms with Crippen molar-refractivity contribution < 1.29 is 5.11 Å². The van der Waals surface area contributed by atoms with E-state index in [1.54, 1.807) is 0 Å². The highest BCUT2D eigenvalue weighted by molar-refractivity contribution is 5.84. The first-order valence-corrected chi connectivity index (χ1v) is 5.51. The third-order valence-electron chi connectivity index (χ3n) is 2.68. The summed E-state index contributed by atoms with van der Waals surface area (Å²) in [6, 6.07) is 12.0. The summed E-state index contributed by atoms with van der Waals surface area (Å²) in [5.41, 5.74) is 2.26. The molecule has 0 aliphatic heterocycles. The Morgan fingerprint density at radius 1 is 1.12 bits per heavy atom. The van der Waals surface area contributed by atoms with Crippen LogP contribution in [0.3, 0.4) is 0 Å². The number of rotatable bonds is 2. The van der Waals surface area contributed by atoms with Crippen LogP contribution in [0.5, 0.6) is 5.75 Å². The normalized spacial score (nSPS) is 10.4. The van der Waals surface area contributed by atoms with Gasteiger partial charge < -0.3 is 5.11 Å². The van der Waals surface area contributed by atoms with E-state index in [0.29, 0.717) is 5.75 Å². The molecule has 0 fully saturated rings. The first-order chi connectivity index (χ1) is 7.66. The van der Waals surface area contributed by atoms with Gasteiger partial charge in [-0.3, -0.25) is 0 Å². The van der Waals surface area contributed by atoms with Gasteiger partial charge >= 0.3 is 0 Å². The van der Waals surface area contributed by atoms with Crippen LogP contribution in [0.25, 0.3) is 10.8 Å². The summed E-state index contributed by atoms with van der Waals surface area (Å²) in [5, 5.41) is 12.2. The Morgan fingerprint density at radius 3 is 2.38 bits per heavy atom. The number of hydrogen-bond acceptors (Lipinski definition) is 1. The van der Waals surface area contributed by atoms with Crippen LogP contribution in [0.15, 0.2) is 48.0 Å². The standard InChI is InChI=1S/C15H16O/c1-11(2)7-8-14-9-12-5-3-4-6-13(12)10-15(14)16/h3-7,9-10,16H,8H2,1-2H3. The van der Waals surface area contributed by atoms with E-state index >= 15 is 0 Å². The molecule has 2 aromatic carbocycles. The molecule has 2 aromatic rings. The van der Waals surface area contributed by atoms with Crippen molar-refractivity contribution in [2.24, 2.45) is 0 Å². The number of hydrogen-bond donors (Lipinski definition) is 1. The van der Waals surface area contributed by atoms with Gasteiger partial charge in [-0.25, -0.2) is 0 Å². The van der Waals surface area contributed by atoms with E-state index in [4.69, 9.17) is 0 Å². The number of fused-ring (bicyclic) bond motifs is 1. The molecule has 0 amide bonds. The number of benzene rings is 2. The van der Waals surface area contributed by atoms with Gasteiger partial charge in [-0.2, -0.15) is 0 Å². The Bertz CT molecular complexity index is 534. The average Bonchev–Trinajstić information content (AvgIpc) is 2.26. The first kappa shape index (κ1) is 10.7. The summed E-state index contributed by atoms with van der Waals surface area (Å²) < 4.78 is 0. The van der Waals surface area contributed by atoms with Gasteiger partial charge in [0.25, 0.3) is 0 Å². The van der Waals surface area contributed by atoms with Crippen LogP contribution in [-0.2, 0) is 6.42 Å². The molecule has 0 heterocycles. The number of phenols is 1. The molecule has 0 aliphatic rings. The van der Waals surface area contributed by atoms with Crippen molar-refractivity contribution in [3.63, 3.8) is 0 Å². The zero-order valence-electron chi connectivity index (χ0n) is 9.70. The molecular formula is C15H16O. The third kappa shape index (κ3) is 2.25. The zero-order chi connectivity index (χ0) is 11.5. The molecule has 0 bridgehead atoms. The third-order valence-corrected chi connectivity index (χ3v) is 2.68. The van der Waals surface area contributed by atoms with Crippen molar-refractivity contribution >= 4 is 10.8 Å². The van der Waals surface area contributed by atoms with E-state index in [-0.39, 0.29) is 0 Å². The molecule has 16 heavy (non-hydrogen) atoms. The van der Waals surface area contributed by atoms with E-state index in [2.05, 4.69) is 32.1 Å². The zero-order valence-corrected chi connectivity index (χ0v) is 9.70. The minimum Gasteiger partial charge on any atom is -0.508 e. The van der Waals surface area contributed by atoms with Crippen molar-refractivity contribution in [1.82, 2.24) is 0 Å². The largest absolute Gasteiger partial charge is 0.508 e. The van der Waals surface area contributed by atoms with Crippen molar-refractivity contribution in [1.29, 1.82) is 0 Å². The molecule has 0 saturated heterocycles. The predicted octanol–water partition coefficient (Wildman–Crippen LogP) is 4.05. The molecule has 0 radical (unpaired) electrons. The van der Waals surface area contributed by atoms with Crippen LogP contribution in [0.4, 0.5) is 0 Å². The maximum atomic E-state index is 9.89. The maximum Gasteiger partial charge on any atom is 0.119 e. The smallest absolute Gasteiger partial charge is 0.119 e. The van der Waals surface area contributed by atoms with Crippen LogP contribution in [0.1, 0.15) is 19.4 Å². The van der Waals surface area contributed by atoms with E-state index in [1.807, 2.05) is 24.3 Å². The molecular weight excluding hydrogens is 196 g/mol. The van der Waals surface area contributed by atoms with Gasteiger partial charge in [-0.05, 0) is 48.7 Å². The van der Waals surface area contributed by atoms with Gasteiger partial charge in [-0.15, -0.1) is 0 Å². The molecule has 0 aromatic heterocycles. The lowest BCUT2D eigenvalue weighted by Gasteiger charge is -2.05. The number of allylic oxidation sites excluding steroid dienone is 2. The molecule has 0 unspecified atom stereocenters. The summed E-state index contributed by atoms with van der Waals surface area (Å²) in [4.78, 5) is 0. The Labute approximate surface area is 96.0 Å². The average molecular weight is 212 g/mol. The monoisotopic (exact) mass is 212 g/mol. The van der Waals surface area contributed by atoms with Crippen molar-refractivity contribution in [3.05, 3.63) is 53.6 Å². The molecule has 82 valence electrons. The summed E-state index contributed by atoms with van der Waals surface area (Å²) in [6.07, 6.45) is 2.92. The summed E-state index contributed by atoms with van der Waals surface area (Å²) in [7, 11) is 0. The fourth-order valence-electron chi connectivity index (χ4n) is 1.75. The van der Waals surface area contributed by atoms with E-state index in [0.717, 1.165) is 17.4 Å². The van der Waals surface area contributed by atoms with Gasteiger partial charge in [0.2, 0.25) is 0 Å². The van der Waals surface area contributed by atoms with Crippen LogP contribution in [-0.4, -0.2) is 5.11 Å². The second kappa shape index (κ2) is 4.40. The summed E-state index contributed by atoms with van der Waals surface area (Å²) in [6.45, 7) is 4.14. The molecule has 0 saturated carbocycles. The second-order valence-corrected chi connectivity index (χ2v) is 4.31. The van der Waals surface area contributed by atoms with E-state index in [1.165, 1.54) is 11.0 Å². The van der Waals surface area contributed by atoms with Gasteiger partial charge in [0.15, 0.2) is 0 Å². The second-order valence-electron chi connectivity index (χ2n) is 4.31. The summed E-state index contributed by atoms with van der Waals surface area (Å²) in [5.74, 6) is 0.385. The van der Waals surface area contributed by atoms with Crippen molar-refractivity contribution in [3.8, 4) is 5.75 Å². The highest BCUT2D eigenvalue weighted by Gasteiger charge is 2.02. The highest BCUT2D eigenvalue weighted by Crippen LogP contribution is 2.25. The Morgan fingerprint density at radius 2 is 1.75 bits per heavy atom. The first-order valence-electron chi connectivity index (χ1n) is 5.51. The SMILES string of the molecule is CC(C)=CCc1cc2ccccc2cc1O. The lowest BCUT2D eigenvalue weighted by molar-refractivity contribution is 0.470. The van der Waals surface area contributed by atoms with Crippen LogP contribution < -0.4 is 0 Å². The van der Waals surface area contributed by atoms with E-state index in [9.17, 15) is 5.11 Å². The van der Waals surface area contributed by atoms with Crippen LogP contribution in [0, 0.1) is 0 Å². The Hall–Kier alpha value is -1.76. The Balaban J connectivity index is 2.46.